The van der Waals surface area contributed by atoms with Gasteiger partial charge in [0, 0.05) is 0 Å². The van der Waals surface area contributed by atoms with Crippen molar-refractivity contribution in [3.63, 3.8) is 0 Å². The van der Waals surface area contributed by atoms with E-state index in [1.165, 1.54) is 24.3 Å². The summed E-state index contributed by atoms with van der Waals surface area (Å²) < 4.78 is 0. The number of hydrogen-bond acceptors (Lipinski definition) is 8. The van der Waals surface area contributed by atoms with E-state index in [2.05, 4.69) is 21.3 Å². The van der Waals surface area contributed by atoms with E-state index >= 15 is 0 Å². The van der Waals surface area contributed by atoms with Gasteiger partial charge in [-0.1, -0.05) is 0 Å². The molecular weight excluding hydrogens is 635 g/mol. The summed E-state index contributed by atoms with van der Waals surface area (Å²) in [6.45, 7) is 0. The van der Waals surface area contributed by atoms with Crippen LogP contribution >= 0.6 is 17.2 Å². The van der Waals surface area contributed by atoms with E-state index in [-0.39, 0.29) is 70.1 Å². The van der Waals surface area contributed by atoms with Gasteiger partial charge < -0.3 is 0 Å². The molecule has 0 atom stereocenters. The van der Waals surface area contributed by atoms with Crippen LogP contribution < -0.4 is 21.3 Å². The Labute approximate surface area is 268 Å². The van der Waals surface area contributed by atoms with Gasteiger partial charge in [-0.05, 0) is 0 Å². The van der Waals surface area contributed by atoms with Crippen molar-refractivity contribution in [1.82, 2.24) is 0 Å². The summed E-state index contributed by atoms with van der Waals surface area (Å²) in [6, 6.07) is 25.0. The fraction of sp³-hybridized carbons (Fsp3) is 0.125. The van der Waals surface area contributed by atoms with Crippen LogP contribution in [-0.4, -0.2) is 69.4 Å². The van der Waals surface area contributed by atoms with E-state index in [0.29, 0.717) is 0 Å². The molecule has 12 nitrogen and oxygen atoms in total. The van der Waals surface area contributed by atoms with Crippen molar-refractivity contribution in [2.45, 2.75) is 0 Å². The van der Waals surface area contributed by atoms with Crippen molar-refractivity contribution >= 4 is 63.8 Å². The summed E-state index contributed by atoms with van der Waals surface area (Å²) in [7, 11) is 0. The zero-order chi connectivity index (χ0) is 33.3. The van der Waals surface area contributed by atoms with Crippen LogP contribution in [0.5, 0.6) is 0 Å². The third kappa shape index (κ3) is 8.03. The molecule has 0 aliphatic rings. The van der Waals surface area contributed by atoms with Crippen molar-refractivity contribution in [2.24, 2.45) is 0 Å². The molecule has 46 heavy (non-hydrogen) atoms. The van der Waals surface area contributed by atoms with Crippen LogP contribution in [0, 0.1) is 0 Å². The normalized spacial score (nSPS) is 11.8. The zero-order valence-electron chi connectivity index (χ0n) is 24.3. The van der Waals surface area contributed by atoms with Gasteiger partial charge in [0.2, 0.25) is 0 Å². The second kappa shape index (κ2) is 14.2. The van der Waals surface area contributed by atoms with Crippen molar-refractivity contribution in [1.29, 1.82) is 0 Å². The number of hydrogen-bond donors (Lipinski definition) is 8. The van der Waals surface area contributed by atoms with Crippen LogP contribution in [0.3, 0.4) is 0 Å². The molecule has 0 amide bonds. The molecule has 0 fully saturated rings. The Balaban J connectivity index is 1.82. The second-order valence-corrected chi connectivity index (χ2v) is 18.3. The van der Waals surface area contributed by atoms with Gasteiger partial charge in [0.1, 0.15) is 0 Å². The molecule has 0 saturated carbocycles. The Morgan fingerprint density at radius 3 is 0.826 bits per heavy atom. The molecule has 4 aromatic rings. The molecule has 240 valence electrons. The maximum absolute atomic E-state index is 12.0. The third-order valence-corrected chi connectivity index (χ3v) is 12.5. The number of nitrogens with one attached hydrogen (secondary N) is 4. The first-order valence-corrected chi connectivity index (χ1v) is 17.8. The van der Waals surface area contributed by atoms with Crippen molar-refractivity contribution in [2.75, 3.05) is 46.4 Å². The van der Waals surface area contributed by atoms with Crippen LogP contribution in [0.2, 0.25) is 0 Å². The Hall–Kier alpha value is -5.32. The number of benzene rings is 4. The number of para-hydroxylation sites is 4. The predicted molar refractivity (Wildman–Crippen MR) is 180 cm³/mol. The summed E-state index contributed by atoms with van der Waals surface area (Å²) in [6.07, 6.45) is -0.206. The molecule has 0 aromatic heterocycles. The van der Waals surface area contributed by atoms with Gasteiger partial charge in [-0.3, -0.25) is 0 Å². The Morgan fingerprint density at radius 2 is 0.630 bits per heavy atom. The summed E-state index contributed by atoms with van der Waals surface area (Å²) in [5.41, 5.74) is 1.03. The van der Waals surface area contributed by atoms with Crippen LogP contribution in [-0.2, 0) is 0 Å². The van der Waals surface area contributed by atoms with Crippen LogP contribution in [0.4, 0.5) is 22.7 Å². The number of carboxylic acid groups (broad SMARTS) is 4. The Bertz CT molecular complexity index is 1530. The van der Waals surface area contributed by atoms with E-state index in [1.807, 2.05) is 0 Å². The summed E-state index contributed by atoms with van der Waals surface area (Å²) in [5.74, 6) is -8.71. The van der Waals surface area contributed by atoms with Crippen LogP contribution in [0.1, 0.15) is 41.4 Å². The SMILES string of the molecule is O=C(O)c1ccccc1NCP(Cl)(CNc1ccccc1C(=O)O)(CNc1ccccc1C(=O)O)CNc1ccccc1C(=O)O. The van der Waals surface area contributed by atoms with Gasteiger partial charge in [-0.25, -0.2) is 0 Å². The van der Waals surface area contributed by atoms with Gasteiger partial charge in [-0.15, -0.1) is 0 Å². The number of rotatable bonds is 16. The molecule has 0 aliphatic heterocycles. The molecule has 4 aromatic carbocycles. The Kier molecular flexibility index (Phi) is 10.4. The Morgan fingerprint density at radius 1 is 0.435 bits per heavy atom. The molecular formula is C32H32ClN4O8P. The molecule has 0 saturated heterocycles. The van der Waals surface area contributed by atoms with E-state index in [1.54, 1.807) is 72.8 Å². The maximum atomic E-state index is 12.0. The van der Waals surface area contributed by atoms with E-state index < -0.39 is 29.8 Å². The molecule has 0 spiro atoms. The average Bonchev–Trinajstić information content (AvgIpc) is 3.05. The van der Waals surface area contributed by atoms with E-state index in [4.69, 9.17) is 11.2 Å². The first-order chi connectivity index (χ1) is 21.9. The molecule has 8 N–H and O–H groups in total. The minimum absolute atomic E-state index is 0.0122. The summed E-state index contributed by atoms with van der Waals surface area (Å²) in [4.78, 5) is 48.0. The number of carbonyl (C=O) groups is 4. The first kappa shape index (κ1) is 33.6. The van der Waals surface area contributed by atoms with E-state index in [0.717, 1.165) is 0 Å². The van der Waals surface area contributed by atoms with Gasteiger partial charge in [-0.2, -0.15) is 0 Å². The summed E-state index contributed by atoms with van der Waals surface area (Å²) in [5, 5.41) is 51.9. The van der Waals surface area contributed by atoms with Crippen molar-refractivity contribution in [3.05, 3.63) is 119 Å². The first-order valence-electron chi connectivity index (χ1n) is 13.9. The molecule has 4 rings (SSSR count). The molecule has 0 unspecified atom stereocenters. The molecule has 14 heteroatoms. The number of carboxylic acids is 4. The summed E-state index contributed by atoms with van der Waals surface area (Å²) >= 11 is 7.82. The quantitative estimate of drug-likeness (QED) is 0.0585. The van der Waals surface area contributed by atoms with E-state index in [9.17, 15) is 39.6 Å². The predicted octanol–water partition coefficient (Wildman–Crippen LogP) is 6.76. The minimum atomic E-state index is -4.02. The molecule has 0 radical (unpaired) electrons. The van der Waals surface area contributed by atoms with Gasteiger partial charge in [0.15, 0.2) is 0 Å². The van der Waals surface area contributed by atoms with Crippen LogP contribution in [0.25, 0.3) is 0 Å². The van der Waals surface area contributed by atoms with Gasteiger partial charge in [0.25, 0.3) is 0 Å². The van der Waals surface area contributed by atoms with Crippen LogP contribution in [0.15, 0.2) is 97.1 Å². The van der Waals surface area contributed by atoms with Crippen molar-refractivity contribution in [3.8, 4) is 0 Å². The number of anilines is 4. The third-order valence-electron chi connectivity index (χ3n) is 7.29. The molecule has 0 heterocycles. The fourth-order valence-corrected chi connectivity index (χ4v) is 8.41. The van der Waals surface area contributed by atoms with Crippen molar-refractivity contribution < 1.29 is 39.6 Å². The topological polar surface area (TPSA) is 197 Å². The molecule has 0 bridgehead atoms. The number of halogens is 1. The standard InChI is InChI=1S/C32H32ClN4O8P/c33-46(17-34-25-13-5-1-9-21(25)29(38)39,18-35-26-14-6-2-10-22(26)30(40)41,19-36-27-15-7-3-11-23(27)31(42)43)20-37-28-16-8-4-12-24(28)32(44)45/h1-16,34-37H,17-20H2,(H,38,39)(H,40,41)(H,42,43)(H,44,45). The number of aromatic carboxylic acids is 4. The van der Waals surface area contributed by atoms with Gasteiger partial charge in [0.05, 0.1) is 0 Å². The zero-order valence-corrected chi connectivity index (χ0v) is 26.0. The monoisotopic (exact) mass is 666 g/mol. The average molecular weight is 667 g/mol. The van der Waals surface area contributed by atoms with Gasteiger partial charge >= 0.3 is 269 Å². The second-order valence-electron chi connectivity index (χ2n) is 10.6. The molecule has 0 aliphatic carbocycles. The fourth-order valence-electron chi connectivity index (χ4n) is 4.76.